The van der Waals surface area contributed by atoms with Crippen LogP contribution in [0.3, 0.4) is 0 Å². The molecule has 1 amide bonds. The van der Waals surface area contributed by atoms with Gasteiger partial charge in [0, 0.05) is 26.3 Å². The van der Waals surface area contributed by atoms with Crippen molar-refractivity contribution in [3.8, 4) is 0 Å². The molecule has 0 aliphatic heterocycles. The van der Waals surface area contributed by atoms with E-state index in [-0.39, 0.29) is 41.2 Å². The molecule has 0 aliphatic rings. The van der Waals surface area contributed by atoms with Gasteiger partial charge in [0.25, 0.3) is 0 Å². The van der Waals surface area contributed by atoms with Gasteiger partial charge in [-0.15, -0.1) is 0 Å². The molecule has 0 aromatic rings. The second-order valence-electron chi connectivity index (χ2n) is 4.77. The third-order valence-electron chi connectivity index (χ3n) is 2.78. The fourth-order valence-corrected chi connectivity index (χ4v) is 2.22. The summed E-state index contributed by atoms with van der Waals surface area (Å²) in [6.45, 7) is 0. The molecule has 0 rings (SSSR count). The largest absolute Gasteiger partial charge is 1.00 e. The molecule has 0 radical (unpaired) electrons. The minimum absolute atomic E-state index is 0. The van der Waals surface area contributed by atoms with Crippen molar-refractivity contribution in [2.75, 3.05) is 19.8 Å². The normalized spacial score (nSPS) is 10.9. The number of hydrogen-bond acceptors (Lipinski definition) is 4. The van der Waals surface area contributed by atoms with Crippen molar-refractivity contribution < 1.29 is 47.3 Å². The fraction of sp³-hybridized carbons (Fsp3) is 0.917. The Hall–Kier alpha value is 0.380. The second kappa shape index (κ2) is 12.1. The number of nitrogens with zero attached hydrogens (tertiary/aromatic N) is 1. The summed E-state index contributed by atoms with van der Waals surface area (Å²) in [5.74, 6) is -0.0831. The average molecular weight is 301 g/mol. The van der Waals surface area contributed by atoms with Gasteiger partial charge in [0.2, 0.25) is 5.91 Å². The van der Waals surface area contributed by atoms with Gasteiger partial charge in [-0.3, -0.25) is 4.79 Å². The first kappa shape index (κ1) is 21.7. The van der Waals surface area contributed by atoms with E-state index in [1.807, 2.05) is 0 Å². The van der Waals surface area contributed by atoms with E-state index in [1.54, 1.807) is 19.0 Å². The van der Waals surface area contributed by atoms with Crippen LogP contribution in [-0.2, 0) is 14.9 Å². The van der Waals surface area contributed by atoms with Crippen LogP contribution in [0.5, 0.6) is 0 Å². The molecular weight excluding hydrogens is 277 g/mol. The van der Waals surface area contributed by atoms with Gasteiger partial charge < -0.3 is 9.45 Å². The standard InChI is InChI=1S/C12H25NO4S.Na/c1-13(2)12(14)10-8-6-4-3-5-7-9-11-18(15,16)17;/h3-11H2,1-2H3,(H,15,16,17);/q;+1/p-1. The summed E-state index contributed by atoms with van der Waals surface area (Å²) >= 11 is 0. The van der Waals surface area contributed by atoms with Crippen molar-refractivity contribution in [3.05, 3.63) is 0 Å². The van der Waals surface area contributed by atoms with Gasteiger partial charge in [-0.25, -0.2) is 8.42 Å². The van der Waals surface area contributed by atoms with E-state index in [0.717, 1.165) is 38.5 Å². The first-order valence-electron chi connectivity index (χ1n) is 6.46. The third kappa shape index (κ3) is 16.3. The molecule has 0 spiro atoms. The van der Waals surface area contributed by atoms with Gasteiger partial charge in [-0.2, -0.15) is 0 Å². The summed E-state index contributed by atoms with van der Waals surface area (Å²) in [6, 6.07) is 0. The summed E-state index contributed by atoms with van der Waals surface area (Å²) in [5.41, 5.74) is 0. The first-order valence-corrected chi connectivity index (χ1v) is 8.04. The zero-order valence-electron chi connectivity index (χ0n) is 12.4. The monoisotopic (exact) mass is 301 g/mol. The molecule has 5 nitrogen and oxygen atoms in total. The molecule has 0 fully saturated rings. The van der Waals surface area contributed by atoms with E-state index in [2.05, 4.69) is 0 Å². The molecule has 0 N–H and O–H groups in total. The Kier molecular flexibility index (Phi) is 13.9. The number of carbonyl (C=O) groups excluding carboxylic acids is 1. The molecule has 108 valence electrons. The fourth-order valence-electron chi connectivity index (χ4n) is 1.66. The summed E-state index contributed by atoms with van der Waals surface area (Å²) in [6.07, 6.45) is 6.84. The van der Waals surface area contributed by atoms with E-state index in [1.165, 1.54) is 0 Å². The molecule has 0 bridgehead atoms. The maximum Gasteiger partial charge on any atom is 1.00 e. The first-order chi connectivity index (χ1) is 8.33. The van der Waals surface area contributed by atoms with Crippen molar-refractivity contribution in [1.29, 1.82) is 0 Å². The van der Waals surface area contributed by atoms with Crippen LogP contribution in [0.1, 0.15) is 51.4 Å². The molecule has 0 aliphatic carbocycles. The maximum absolute atomic E-state index is 11.3. The molecule has 19 heavy (non-hydrogen) atoms. The Morgan fingerprint density at radius 1 is 0.947 bits per heavy atom. The van der Waals surface area contributed by atoms with Crippen LogP contribution in [0.2, 0.25) is 0 Å². The minimum atomic E-state index is -4.04. The maximum atomic E-state index is 11.3. The number of hydrogen-bond donors (Lipinski definition) is 0. The number of amides is 1. The molecule has 0 saturated heterocycles. The van der Waals surface area contributed by atoms with E-state index >= 15 is 0 Å². The van der Waals surface area contributed by atoms with Crippen molar-refractivity contribution in [3.63, 3.8) is 0 Å². The van der Waals surface area contributed by atoms with E-state index in [9.17, 15) is 17.8 Å². The predicted molar refractivity (Wildman–Crippen MR) is 70.2 cm³/mol. The van der Waals surface area contributed by atoms with Crippen LogP contribution in [0.4, 0.5) is 0 Å². The van der Waals surface area contributed by atoms with E-state index in [4.69, 9.17) is 0 Å². The van der Waals surface area contributed by atoms with Crippen molar-refractivity contribution in [2.45, 2.75) is 51.4 Å². The molecule has 0 heterocycles. The van der Waals surface area contributed by atoms with Crippen LogP contribution in [-0.4, -0.2) is 43.6 Å². The summed E-state index contributed by atoms with van der Waals surface area (Å²) in [4.78, 5) is 12.9. The summed E-state index contributed by atoms with van der Waals surface area (Å²) in [5, 5.41) is 0. The zero-order chi connectivity index (χ0) is 14.0. The third-order valence-corrected chi connectivity index (χ3v) is 3.57. The van der Waals surface area contributed by atoms with Crippen molar-refractivity contribution in [2.24, 2.45) is 0 Å². The number of rotatable bonds is 10. The molecule has 0 unspecified atom stereocenters. The van der Waals surface area contributed by atoms with Gasteiger partial charge in [-0.1, -0.05) is 32.1 Å². The molecule has 0 atom stereocenters. The predicted octanol–water partition coefficient (Wildman–Crippen LogP) is -1.26. The molecule has 0 aromatic carbocycles. The quantitative estimate of drug-likeness (QED) is 0.287. The van der Waals surface area contributed by atoms with Crippen LogP contribution in [0.15, 0.2) is 0 Å². The van der Waals surface area contributed by atoms with Crippen LogP contribution >= 0.6 is 0 Å². The molecule has 7 heteroatoms. The summed E-state index contributed by atoms with van der Waals surface area (Å²) < 4.78 is 31.0. The van der Waals surface area contributed by atoms with Gasteiger partial charge in [0.15, 0.2) is 0 Å². The molecule has 0 aromatic heterocycles. The van der Waals surface area contributed by atoms with Crippen molar-refractivity contribution >= 4 is 16.0 Å². The zero-order valence-corrected chi connectivity index (χ0v) is 15.2. The SMILES string of the molecule is CN(C)C(=O)CCCCCCCCCS(=O)(=O)[O-].[Na+]. The van der Waals surface area contributed by atoms with Gasteiger partial charge in [0.1, 0.15) is 0 Å². The average Bonchev–Trinajstić information content (AvgIpc) is 2.24. The van der Waals surface area contributed by atoms with Gasteiger partial charge in [0.05, 0.1) is 10.1 Å². The topological polar surface area (TPSA) is 77.5 Å². The molecular formula is C12H24NNaO4S. The van der Waals surface area contributed by atoms with Crippen molar-refractivity contribution in [1.82, 2.24) is 4.90 Å². The Labute approximate surface area is 139 Å². The minimum Gasteiger partial charge on any atom is -0.748 e. The van der Waals surface area contributed by atoms with E-state index in [0.29, 0.717) is 12.8 Å². The Bertz CT molecular complexity index is 331. The van der Waals surface area contributed by atoms with Gasteiger partial charge >= 0.3 is 29.6 Å². The number of carbonyl (C=O) groups is 1. The Morgan fingerprint density at radius 2 is 1.37 bits per heavy atom. The summed E-state index contributed by atoms with van der Waals surface area (Å²) in [7, 11) is -0.523. The van der Waals surface area contributed by atoms with Crippen LogP contribution in [0.25, 0.3) is 0 Å². The Balaban J connectivity index is 0. The molecule has 0 saturated carbocycles. The van der Waals surface area contributed by atoms with Crippen LogP contribution in [0, 0.1) is 0 Å². The second-order valence-corrected chi connectivity index (χ2v) is 6.30. The van der Waals surface area contributed by atoms with Crippen LogP contribution < -0.4 is 29.6 Å². The van der Waals surface area contributed by atoms with E-state index < -0.39 is 10.1 Å². The number of unbranched alkanes of at least 4 members (excludes halogenated alkanes) is 6. The Morgan fingerprint density at radius 3 is 1.79 bits per heavy atom. The smallest absolute Gasteiger partial charge is 0.748 e. The van der Waals surface area contributed by atoms with Gasteiger partial charge in [-0.05, 0) is 12.8 Å².